The number of hydrogen-bond acceptors (Lipinski definition) is 4. The Morgan fingerprint density at radius 3 is 2.61 bits per heavy atom. The number of ether oxygens (including phenoxy) is 1. The minimum Gasteiger partial charge on any atom is -0.444 e. The van der Waals surface area contributed by atoms with Crippen LogP contribution in [0.3, 0.4) is 0 Å². The van der Waals surface area contributed by atoms with Crippen molar-refractivity contribution in [2.24, 2.45) is 5.92 Å². The molecule has 2 heterocycles. The van der Waals surface area contributed by atoms with Crippen LogP contribution >= 0.6 is 0 Å². The van der Waals surface area contributed by atoms with Gasteiger partial charge < -0.3 is 9.64 Å². The monoisotopic (exact) mass is 338 g/mol. The Bertz CT molecular complexity index is 535. The molecule has 0 aliphatic carbocycles. The van der Waals surface area contributed by atoms with Gasteiger partial charge in [0.05, 0.1) is 11.4 Å². The Balaban J connectivity index is 1.74. The smallest absolute Gasteiger partial charge is 0.410 e. The van der Waals surface area contributed by atoms with E-state index in [1.54, 1.807) is 11.1 Å². The van der Waals surface area contributed by atoms with Crippen molar-refractivity contribution in [1.82, 2.24) is 9.88 Å². The number of rotatable bonds is 4. The van der Waals surface area contributed by atoms with Crippen LogP contribution in [-0.4, -0.2) is 44.6 Å². The SMILES string of the molecule is CC(C)(C)OC(=O)N1CCC(C[S@@](=O)Cc2ccccn2)CC1. The van der Waals surface area contributed by atoms with Crippen molar-refractivity contribution >= 4 is 16.9 Å². The van der Waals surface area contributed by atoms with Crippen molar-refractivity contribution in [3.8, 4) is 0 Å². The number of likely N-dealkylation sites (tertiary alicyclic amines) is 1. The zero-order valence-electron chi connectivity index (χ0n) is 14.2. The number of piperidine rings is 1. The molecule has 1 fully saturated rings. The molecule has 1 aromatic heterocycles. The van der Waals surface area contributed by atoms with Gasteiger partial charge in [0.2, 0.25) is 0 Å². The van der Waals surface area contributed by atoms with Crippen LogP contribution in [0, 0.1) is 5.92 Å². The van der Waals surface area contributed by atoms with Gasteiger partial charge in [-0.2, -0.15) is 0 Å². The average Bonchev–Trinajstić information content (AvgIpc) is 2.47. The fourth-order valence-corrected chi connectivity index (χ4v) is 4.06. The van der Waals surface area contributed by atoms with Crippen molar-refractivity contribution < 1.29 is 13.7 Å². The molecule has 128 valence electrons. The Morgan fingerprint density at radius 1 is 1.35 bits per heavy atom. The summed E-state index contributed by atoms with van der Waals surface area (Å²) in [5.41, 5.74) is 0.412. The molecule has 6 heteroatoms. The van der Waals surface area contributed by atoms with Crippen LogP contribution < -0.4 is 0 Å². The van der Waals surface area contributed by atoms with Gasteiger partial charge in [-0.25, -0.2) is 4.79 Å². The lowest BCUT2D eigenvalue weighted by molar-refractivity contribution is 0.0191. The molecule has 1 atom stereocenters. The molecule has 0 bridgehead atoms. The Labute approximate surface area is 140 Å². The number of pyridine rings is 1. The molecule has 0 radical (unpaired) electrons. The van der Waals surface area contributed by atoms with Gasteiger partial charge in [0, 0.05) is 35.8 Å². The molecule has 5 nitrogen and oxygen atoms in total. The summed E-state index contributed by atoms with van der Waals surface area (Å²) in [5.74, 6) is 1.59. The van der Waals surface area contributed by atoms with Crippen LogP contribution in [0.5, 0.6) is 0 Å². The fraction of sp³-hybridized carbons (Fsp3) is 0.647. The fourth-order valence-electron chi connectivity index (χ4n) is 2.58. The summed E-state index contributed by atoms with van der Waals surface area (Å²) in [6.07, 6.45) is 3.25. The second-order valence-corrected chi connectivity index (χ2v) is 8.48. The van der Waals surface area contributed by atoms with E-state index >= 15 is 0 Å². The predicted molar refractivity (Wildman–Crippen MR) is 91.5 cm³/mol. The molecule has 0 aromatic carbocycles. The number of carbonyl (C=O) groups is 1. The van der Waals surface area contributed by atoms with Crippen LogP contribution in [0.15, 0.2) is 24.4 Å². The largest absolute Gasteiger partial charge is 0.444 e. The van der Waals surface area contributed by atoms with Gasteiger partial charge in [0.15, 0.2) is 0 Å². The normalized spacial score (nSPS) is 17.8. The zero-order chi connectivity index (χ0) is 16.9. The number of hydrogen-bond donors (Lipinski definition) is 0. The van der Waals surface area contributed by atoms with Gasteiger partial charge in [0.1, 0.15) is 5.60 Å². The molecule has 1 aromatic rings. The molecule has 0 saturated carbocycles. The number of amides is 1. The molecule has 1 aliphatic heterocycles. The molecule has 2 rings (SSSR count). The van der Waals surface area contributed by atoms with Gasteiger partial charge in [-0.15, -0.1) is 0 Å². The third-order valence-corrected chi connectivity index (χ3v) is 5.18. The second-order valence-electron chi connectivity index (χ2n) is 6.98. The first-order valence-electron chi connectivity index (χ1n) is 8.06. The minimum atomic E-state index is -0.904. The van der Waals surface area contributed by atoms with E-state index in [9.17, 15) is 9.00 Å². The number of carbonyl (C=O) groups excluding carboxylic acids is 1. The van der Waals surface area contributed by atoms with Gasteiger partial charge in [0.25, 0.3) is 0 Å². The third kappa shape index (κ3) is 6.29. The summed E-state index contributed by atoms with van der Waals surface area (Å²) in [6, 6.07) is 5.68. The molecule has 1 amide bonds. The molecular weight excluding hydrogens is 312 g/mol. The maximum Gasteiger partial charge on any atom is 0.410 e. The summed E-state index contributed by atoms with van der Waals surface area (Å²) >= 11 is 0. The first-order chi connectivity index (χ1) is 10.8. The highest BCUT2D eigenvalue weighted by molar-refractivity contribution is 7.84. The highest BCUT2D eigenvalue weighted by atomic mass is 32.2. The minimum absolute atomic E-state index is 0.245. The quantitative estimate of drug-likeness (QED) is 0.847. The summed E-state index contributed by atoms with van der Waals surface area (Å²) in [5, 5.41) is 0. The van der Waals surface area contributed by atoms with Crippen molar-refractivity contribution in [3.63, 3.8) is 0 Å². The van der Waals surface area contributed by atoms with Gasteiger partial charge >= 0.3 is 6.09 Å². The van der Waals surface area contributed by atoms with Crippen molar-refractivity contribution in [2.75, 3.05) is 18.8 Å². The molecular formula is C17H26N2O3S. The maximum atomic E-state index is 12.2. The highest BCUT2D eigenvalue weighted by Gasteiger charge is 2.27. The Hall–Kier alpha value is -1.43. The van der Waals surface area contributed by atoms with E-state index in [1.807, 2.05) is 39.0 Å². The van der Waals surface area contributed by atoms with Crippen molar-refractivity contribution in [3.05, 3.63) is 30.1 Å². The number of nitrogens with zero attached hydrogens (tertiary/aromatic N) is 2. The molecule has 0 unspecified atom stereocenters. The second kappa shape index (κ2) is 7.90. The highest BCUT2D eigenvalue weighted by Crippen LogP contribution is 2.21. The summed E-state index contributed by atoms with van der Waals surface area (Å²) in [4.78, 5) is 18.0. The van der Waals surface area contributed by atoms with Crippen LogP contribution in [0.1, 0.15) is 39.3 Å². The van der Waals surface area contributed by atoms with Crippen molar-refractivity contribution in [2.45, 2.75) is 45.0 Å². The van der Waals surface area contributed by atoms with Gasteiger partial charge in [-0.05, 0) is 51.7 Å². The van der Waals surface area contributed by atoms with Crippen molar-refractivity contribution in [1.29, 1.82) is 0 Å². The Morgan fingerprint density at radius 2 is 2.04 bits per heavy atom. The van der Waals surface area contributed by atoms with Crippen LogP contribution in [0.2, 0.25) is 0 Å². The van der Waals surface area contributed by atoms with E-state index < -0.39 is 16.4 Å². The zero-order valence-corrected chi connectivity index (χ0v) is 15.0. The first kappa shape index (κ1) is 17.9. The van der Waals surface area contributed by atoms with E-state index in [-0.39, 0.29) is 6.09 Å². The lowest BCUT2D eigenvalue weighted by atomic mass is 9.99. The predicted octanol–water partition coefficient (Wildman–Crippen LogP) is 2.98. The molecule has 23 heavy (non-hydrogen) atoms. The first-order valence-corrected chi connectivity index (χ1v) is 9.55. The van der Waals surface area contributed by atoms with E-state index in [2.05, 4.69) is 4.98 Å². The number of aromatic nitrogens is 1. The van der Waals surface area contributed by atoms with E-state index in [1.165, 1.54) is 0 Å². The lowest BCUT2D eigenvalue weighted by Gasteiger charge is -2.33. The standard InChI is InChI=1S/C17H26N2O3S/c1-17(2,3)22-16(20)19-10-7-14(8-11-19)12-23(21)13-15-6-4-5-9-18-15/h4-6,9,14H,7-8,10-13H2,1-3H3/t23-/m1/s1. The third-order valence-electron chi connectivity index (χ3n) is 3.72. The topological polar surface area (TPSA) is 59.5 Å². The van der Waals surface area contributed by atoms with E-state index in [4.69, 9.17) is 4.74 Å². The van der Waals surface area contributed by atoms with Crippen LogP contribution in [0.4, 0.5) is 4.79 Å². The van der Waals surface area contributed by atoms with Crippen LogP contribution in [0.25, 0.3) is 0 Å². The maximum absolute atomic E-state index is 12.2. The van der Waals surface area contributed by atoms with Gasteiger partial charge in [-0.3, -0.25) is 9.19 Å². The summed E-state index contributed by atoms with van der Waals surface area (Å²) < 4.78 is 17.6. The van der Waals surface area contributed by atoms with Crippen LogP contribution in [-0.2, 0) is 21.3 Å². The lowest BCUT2D eigenvalue weighted by Crippen LogP contribution is -2.42. The summed E-state index contributed by atoms with van der Waals surface area (Å²) in [6.45, 7) is 6.98. The molecule has 0 spiro atoms. The molecule has 1 aliphatic rings. The van der Waals surface area contributed by atoms with Gasteiger partial charge in [-0.1, -0.05) is 6.07 Å². The molecule has 1 saturated heterocycles. The molecule has 0 N–H and O–H groups in total. The van der Waals surface area contributed by atoms with E-state index in [0.717, 1.165) is 18.5 Å². The van der Waals surface area contributed by atoms with E-state index in [0.29, 0.717) is 30.5 Å². The average molecular weight is 338 g/mol. The summed E-state index contributed by atoms with van der Waals surface area (Å²) in [7, 11) is -0.904. The Kier molecular flexibility index (Phi) is 6.16.